The van der Waals surface area contributed by atoms with Gasteiger partial charge >= 0.3 is 0 Å². The third kappa shape index (κ3) is 5.69. The Balaban J connectivity index is 1.68. The predicted molar refractivity (Wildman–Crippen MR) is 122 cm³/mol. The first-order chi connectivity index (χ1) is 14.9. The van der Waals surface area contributed by atoms with E-state index in [1.807, 2.05) is 51.1 Å². The molecule has 0 bridgehead atoms. The van der Waals surface area contributed by atoms with Gasteiger partial charge in [-0.05, 0) is 61.7 Å². The van der Waals surface area contributed by atoms with Crippen molar-refractivity contribution in [2.75, 3.05) is 0 Å². The Kier molecular flexibility index (Phi) is 7.03. The normalized spacial score (nSPS) is 11.6. The molecular weight excluding hydrogens is 390 g/mol. The van der Waals surface area contributed by atoms with E-state index in [-0.39, 0.29) is 24.1 Å². The van der Waals surface area contributed by atoms with Gasteiger partial charge in [-0.2, -0.15) is 0 Å². The molecule has 0 aliphatic carbocycles. The molecule has 160 valence electrons. The Morgan fingerprint density at radius 3 is 2.48 bits per heavy atom. The number of carbonyl (C=O) groups is 2. The van der Waals surface area contributed by atoms with Crippen molar-refractivity contribution in [3.05, 3.63) is 93.3 Å². The van der Waals surface area contributed by atoms with Gasteiger partial charge in [0.25, 0.3) is 17.4 Å². The monoisotopic (exact) mass is 417 g/mol. The van der Waals surface area contributed by atoms with Crippen molar-refractivity contribution in [2.45, 2.75) is 39.8 Å². The van der Waals surface area contributed by atoms with E-state index >= 15 is 0 Å². The summed E-state index contributed by atoms with van der Waals surface area (Å²) in [5.74, 6) is -0.614. The molecule has 6 nitrogen and oxygen atoms in total. The number of H-pyrrole nitrogens is 1. The third-order valence-electron chi connectivity index (χ3n) is 5.12. The molecule has 3 rings (SSSR count). The van der Waals surface area contributed by atoms with Crippen molar-refractivity contribution in [3.8, 4) is 11.3 Å². The zero-order valence-corrected chi connectivity index (χ0v) is 18.0. The lowest BCUT2D eigenvalue weighted by atomic mass is 10.1. The Morgan fingerprint density at radius 1 is 1.00 bits per heavy atom. The Hall–Kier alpha value is -3.67. The van der Waals surface area contributed by atoms with Gasteiger partial charge in [0.15, 0.2) is 0 Å². The summed E-state index contributed by atoms with van der Waals surface area (Å²) in [7, 11) is 0. The van der Waals surface area contributed by atoms with E-state index in [0.29, 0.717) is 11.3 Å². The molecule has 2 aromatic carbocycles. The van der Waals surface area contributed by atoms with Gasteiger partial charge in [-0.15, -0.1) is 0 Å². The fraction of sp³-hybridized carbons (Fsp3) is 0.240. The van der Waals surface area contributed by atoms with E-state index < -0.39 is 11.5 Å². The molecule has 0 aliphatic heterocycles. The molecule has 3 aromatic rings. The quantitative estimate of drug-likeness (QED) is 0.546. The predicted octanol–water partition coefficient (Wildman–Crippen LogP) is 3.81. The van der Waals surface area contributed by atoms with Gasteiger partial charge < -0.3 is 15.6 Å². The van der Waals surface area contributed by atoms with Crippen LogP contribution in [-0.4, -0.2) is 22.8 Å². The van der Waals surface area contributed by atoms with Crippen LogP contribution in [0.5, 0.6) is 0 Å². The number of benzene rings is 2. The second-order valence-electron chi connectivity index (χ2n) is 7.65. The Bertz CT molecular complexity index is 1150. The van der Waals surface area contributed by atoms with Crippen molar-refractivity contribution in [1.29, 1.82) is 0 Å². The molecule has 0 fully saturated rings. The van der Waals surface area contributed by atoms with Crippen LogP contribution in [0.1, 0.15) is 52.1 Å². The minimum Gasteiger partial charge on any atom is -0.350 e. The highest BCUT2D eigenvalue weighted by atomic mass is 16.2. The zero-order chi connectivity index (χ0) is 22.4. The number of nitrogens with one attached hydrogen (secondary N) is 3. The van der Waals surface area contributed by atoms with Gasteiger partial charge in [0.05, 0.1) is 0 Å². The number of aromatic amines is 1. The molecule has 0 saturated heterocycles. The summed E-state index contributed by atoms with van der Waals surface area (Å²) in [6.45, 7) is 6.14. The van der Waals surface area contributed by atoms with Gasteiger partial charge in [-0.1, -0.05) is 42.8 Å². The van der Waals surface area contributed by atoms with Crippen molar-refractivity contribution in [3.63, 3.8) is 0 Å². The molecule has 1 aromatic heterocycles. The van der Waals surface area contributed by atoms with E-state index in [2.05, 4.69) is 15.6 Å². The molecule has 31 heavy (non-hydrogen) atoms. The summed E-state index contributed by atoms with van der Waals surface area (Å²) < 4.78 is 0. The van der Waals surface area contributed by atoms with E-state index in [9.17, 15) is 14.4 Å². The largest absolute Gasteiger partial charge is 0.350 e. The maximum Gasteiger partial charge on any atom is 0.261 e. The van der Waals surface area contributed by atoms with Crippen molar-refractivity contribution in [2.24, 2.45) is 0 Å². The summed E-state index contributed by atoms with van der Waals surface area (Å²) in [6.07, 6.45) is 0.846. The highest BCUT2D eigenvalue weighted by Crippen LogP contribution is 2.17. The van der Waals surface area contributed by atoms with Crippen LogP contribution < -0.4 is 16.2 Å². The second-order valence-corrected chi connectivity index (χ2v) is 7.65. The molecule has 0 spiro atoms. The summed E-state index contributed by atoms with van der Waals surface area (Å²) in [4.78, 5) is 40.1. The van der Waals surface area contributed by atoms with Crippen LogP contribution in [0.25, 0.3) is 11.3 Å². The molecular formula is C25H27N3O3. The van der Waals surface area contributed by atoms with Gasteiger partial charge in [-0.3, -0.25) is 14.4 Å². The van der Waals surface area contributed by atoms with Crippen LogP contribution in [0.15, 0.2) is 65.5 Å². The molecule has 1 heterocycles. The highest BCUT2D eigenvalue weighted by Gasteiger charge is 2.13. The summed E-state index contributed by atoms with van der Waals surface area (Å²) in [5.41, 5.74) is 3.53. The average molecular weight is 418 g/mol. The lowest BCUT2D eigenvalue weighted by molar-refractivity contribution is 0.0936. The van der Waals surface area contributed by atoms with Crippen LogP contribution in [0.3, 0.4) is 0 Å². The number of aromatic nitrogens is 1. The zero-order valence-electron chi connectivity index (χ0n) is 18.0. The number of carbonyl (C=O) groups excluding carboxylic acids is 2. The first-order valence-corrected chi connectivity index (χ1v) is 10.4. The molecule has 6 heteroatoms. The van der Waals surface area contributed by atoms with Crippen molar-refractivity contribution >= 4 is 11.8 Å². The van der Waals surface area contributed by atoms with E-state index in [0.717, 1.165) is 23.1 Å². The molecule has 0 radical (unpaired) electrons. The number of aryl methyl sites for hydroxylation is 1. The van der Waals surface area contributed by atoms with Crippen LogP contribution in [0.2, 0.25) is 0 Å². The van der Waals surface area contributed by atoms with Crippen LogP contribution in [0.4, 0.5) is 0 Å². The van der Waals surface area contributed by atoms with E-state index in [1.165, 1.54) is 6.07 Å². The van der Waals surface area contributed by atoms with Crippen LogP contribution in [-0.2, 0) is 6.54 Å². The average Bonchev–Trinajstić information content (AvgIpc) is 2.77. The fourth-order valence-electron chi connectivity index (χ4n) is 3.14. The minimum atomic E-state index is -0.466. The van der Waals surface area contributed by atoms with Gasteiger partial charge in [0.1, 0.15) is 5.56 Å². The van der Waals surface area contributed by atoms with Gasteiger partial charge in [-0.25, -0.2) is 0 Å². The fourth-order valence-corrected chi connectivity index (χ4v) is 3.14. The molecule has 1 unspecified atom stereocenters. The number of rotatable bonds is 7. The first kappa shape index (κ1) is 22.0. The molecule has 1 atom stereocenters. The Morgan fingerprint density at radius 2 is 1.77 bits per heavy atom. The van der Waals surface area contributed by atoms with Crippen LogP contribution in [0, 0.1) is 6.92 Å². The maximum absolute atomic E-state index is 12.5. The van der Waals surface area contributed by atoms with E-state index in [4.69, 9.17) is 0 Å². The summed E-state index contributed by atoms with van der Waals surface area (Å²) in [5, 5.41) is 5.67. The van der Waals surface area contributed by atoms with Crippen molar-refractivity contribution < 1.29 is 9.59 Å². The highest BCUT2D eigenvalue weighted by molar-refractivity contribution is 5.95. The van der Waals surface area contributed by atoms with Gasteiger partial charge in [0.2, 0.25) is 0 Å². The Labute approximate surface area is 181 Å². The first-order valence-electron chi connectivity index (χ1n) is 10.4. The topological polar surface area (TPSA) is 91.1 Å². The second kappa shape index (κ2) is 9.89. The minimum absolute atomic E-state index is 0.0436. The number of hydrogen-bond acceptors (Lipinski definition) is 3. The molecule has 3 N–H and O–H groups in total. The number of amides is 2. The van der Waals surface area contributed by atoms with Gasteiger partial charge in [0, 0.05) is 23.8 Å². The smallest absolute Gasteiger partial charge is 0.261 e. The number of pyridine rings is 1. The van der Waals surface area contributed by atoms with Crippen molar-refractivity contribution in [1.82, 2.24) is 15.6 Å². The standard InChI is InChI=1S/C25H27N3O3/c1-4-17(3)27-23(29)20-10-6-8-18(14-20)15-26-24(30)21-11-12-22(28-25(21)31)19-9-5-7-16(2)13-19/h5-14,17H,4,15H2,1-3H3,(H,26,30)(H,27,29)(H,28,31). The number of hydrogen-bond donors (Lipinski definition) is 3. The molecule has 2 amide bonds. The van der Waals surface area contributed by atoms with Crippen LogP contribution >= 0.6 is 0 Å². The SMILES string of the molecule is CCC(C)NC(=O)c1cccc(CNC(=O)c2ccc(-c3cccc(C)c3)[nH]c2=O)c1. The lowest BCUT2D eigenvalue weighted by Gasteiger charge is -2.12. The lowest BCUT2D eigenvalue weighted by Crippen LogP contribution is -2.32. The summed E-state index contributed by atoms with van der Waals surface area (Å²) in [6, 6.07) is 18.2. The maximum atomic E-state index is 12.5. The molecule has 0 saturated carbocycles. The third-order valence-corrected chi connectivity index (χ3v) is 5.12. The van der Waals surface area contributed by atoms with E-state index in [1.54, 1.807) is 24.3 Å². The molecule has 0 aliphatic rings. The summed E-state index contributed by atoms with van der Waals surface area (Å²) >= 11 is 0.